The number of hydrogen-bond donors (Lipinski definition) is 1. The van der Waals surface area contributed by atoms with Gasteiger partial charge in [0.25, 0.3) is 5.56 Å². The number of nitrogens with one attached hydrogen (secondary N) is 1. The van der Waals surface area contributed by atoms with Crippen molar-refractivity contribution in [2.75, 3.05) is 25.4 Å². The van der Waals surface area contributed by atoms with Crippen molar-refractivity contribution >= 4 is 32.1 Å². The number of pyridine rings is 1. The van der Waals surface area contributed by atoms with Crippen molar-refractivity contribution in [3.63, 3.8) is 0 Å². The SMILES string of the molecule is COc1cc(OC)cc(C2c3c[nH]c4c(=O)n(C)cc(c34)-c3cc(CS(C)(=O)=O)ccc3N2c2ccc(F)cc2F)c1. The normalized spacial score (nSPS) is 14.5. The predicted octanol–water partition coefficient (Wildman–Crippen LogP) is 5.61. The first-order valence-electron chi connectivity index (χ1n) is 13.0. The summed E-state index contributed by atoms with van der Waals surface area (Å²) < 4.78 is 66.9. The molecule has 42 heavy (non-hydrogen) atoms. The van der Waals surface area contributed by atoms with E-state index in [9.17, 15) is 17.6 Å². The van der Waals surface area contributed by atoms with Crippen molar-refractivity contribution in [2.45, 2.75) is 11.8 Å². The lowest BCUT2D eigenvalue weighted by atomic mass is 9.95. The molecule has 6 rings (SSSR count). The number of aromatic amines is 1. The molecule has 3 aromatic carbocycles. The van der Waals surface area contributed by atoms with Crippen LogP contribution in [0.2, 0.25) is 0 Å². The van der Waals surface area contributed by atoms with Crippen LogP contribution in [0.25, 0.3) is 22.0 Å². The third kappa shape index (κ3) is 4.59. The van der Waals surface area contributed by atoms with E-state index in [1.807, 2.05) is 0 Å². The van der Waals surface area contributed by atoms with Gasteiger partial charge in [0.2, 0.25) is 0 Å². The van der Waals surface area contributed by atoms with Crippen LogP contribution in [0.1, 0.15) is 22.7 Å². The average molecular weight is 592 g/mol. The summed E-state index contributed by atoms with van der Waals surface area (Å²) >= 11 is 0. The number of methoxy groups -OCH3 is 2. The number of halogens is 2. The zero-order chi connectivity index (χ0) is 29.9. The Morgan fingerprint density at radius 2 is 1.62 bits per heavy atom. The fourth-order valence-electron chi connectivity index (χ4n) is 5.75. The third-order valence-electron chi connectivity index (χ3n) is 7.49. The lowest BCUT2D eigenvalue weighted by Crippen LogP contribution is -2.25. The van der Waals surface area contributed by atoms with E-state index < -0.39 is 27.5 Å². The highest BCUT2D eigenvalue weighted by Gasteiger charge is 2.36. The largest absolute Gasteiger partial charge is 0.497 e. The second-order valence-electron chi connectivity index (χ2n) is 10.4. The number of benzene rings is 3. The van der Waals surface area contributed by atoms with Gasteiger partial charge in [0.1, 0.15) is 28.7 Å². The predicted molar refractivity (Wildman–Crippen MR) is 157 cm³/mol. The van der Waals surface area contributed by atoms with Gasteiger partial charge in [0, 0.05) is 59.9 Å². The number of aryl methyl sites for hydroxylation is 1. The molecule has 0 amide bonds. The highest BCUT2D eigenvalue weighted by Crippen LogP contribution is 2.51. The van der Waals surface area contributed by atoms with Gasteiger partial charge in [-0.05, 0) is 47.5 Å². The molecule has 2 aromatic heterocycles. The third-order valence-corrected chi connectivity index (χ3v) is 8.35. The lowest BCUT2D eigenvalue weighted by molar-refractivity contribution is 0.393. The van der Waals surface area contributed by atoms with E-state index in [1.165, 1.54) is 30.9 Å². The minimum atomic E-state index is -3.38. The van der Waals surface area contributed by atoms with Crippen molar-refractivity contribution in [1.82, 2.24) is 9.55 Å². The molecule has 11 heteroatoms. The molecule has 1 aliphatic rings. The van der Waals surface area contributed by atoms with E-state index in [1.54, 1.807) is 60.7 Å². The lowest BCUT2D eigenvalue weighted by Gasteiger charge is -2.34. The molecule has 5 aromatic rings. The van der Waals surface area contributed by atoms with Crippen molar-refractivity contribution < 1.29 is 26.7 Å². The number of sulfone groups is 1. The van der Waals surface area contributed by atoms with E-state index in [-0.39, 0.29) is 17.0 Å². The smallest absolute Gasteiger partial charge is 0.274 e. The summed E-state index contributed by atoms with van der Waals surface area (Å²) in [5.74, 6) is -0.754. The fraction of sp³-hybridized carbons (Fsp3) is 0.194. The number of H-pyrrole nitrogens is 1. The molecule has 3 heterocycles. The van der Waals surface area contributed by atoms with Gasteiger partial charge in [-0.2, -0.15) is 0 Å². The minimum Gasteiger partial charge on any atom is -0.497 e. The number of fused-ring (bicyclic) bond motifs is 2. The molecule has 0 aliphatic carbocycles. The zero-order valence-electron chi connectivity index (χ0n) is 23.2. The molecule has 0 radical (unpaired) electrons. The van der Waals surface area contributed by atoms with Crippen LogP contribution in [0.4, 0.5) is 20.2 Å². The van der Waals surface area contributed by atoms with Gasteiger partial charge < -0.3 is 23.9 Å². The zero-order valence-corrected chi connectivity index (χ0v) is 24.1. The van der Waals surface area contributed by atoms with Crippen LogP contribution in [0.5, 0.6) is 11.5 Å². The summed E-state index contributed by atoms with van der Waals surface area (Å²) in [6.45, 7) is 0. The Morgan fingerprint density at radius 3 is 2.26 bits per heavy atom. The Labute approximate surface area is 240 Å². The number of ether oxygens (including phenoxy) is 2. The summed E-state index contributed by atoms with van der Waals surface area (Å²) in [5, 5.41) is 0.604. The first-order valence-corrected chi connectivity index (χ1v) is 15.0. The van der Waals surface area contributed by atoms with Gasteiger partial charge in [-0.15, -0.1) is 0 Å². The Bertz CT molecular complexity index is 2030. The molecule has 0 saturated carbocycles. The number of nitrogens with zero attached hydrogens (tertiary/aromatic N) is 2. The van der Waals surface area contributed by atoms with Crippen LogP contribution in [0.15, 0.2) is 71.8 Å². The van der Waals surface area contributed by atoms with Gasteiger partial charge in [0.05, 0.1) is 37.4 Å². The summed E-state index contributed by atoms with van der Waals surface area (Å²) in [7, 11) is 1.30. The van der Waals surface area contributed by atoms with E-state index in [0.29, 0.717) is 55.9 Å². The first-order chi connectivity index (χ1) is 20.0. The van der Waals surface area contributed by atoms with Crippen LogP contribution in [-0.2, 0) is 22.6 Å². The summed E-state index contributed by atoms with van der Waals surface area (Å²) in [4.78, 5) is 18.1. The maximum Gasteiger partial charge on any atom is 0.274 e. The molecular formula is C31H27F2N3O5S. The monoisotopic (exact) mass is 591 g/mol. The molecule has 216 valence electrons. The van der Waals surface area contributed by atoms with E-state index in [0.717, 1.165) is 12.3 Å². The van der Waals surface area contributed by atoms with Crippen LogP contribution in [-0.4, -0.2) is 38.4 Å². The van der Waals surface area contributed by atoms with Gasteiger partial charge in [-0.3, -0.25) is 4.79 Å². The fourth-order valence-corrected chi connectivity index (χ4v) is 6.54. The van der Waals surface area contributed by atoms with Crippen LogP contribution in [0, 0.1) is 11.6 Å². The van der Waals surface area contributed by atoms with Crippen LogP contribution < -0.4 is 19.9 Å². The Kier molecular flexibility index (Phi) is 6.57. The Balaban J connectivity index is 1.78. The quantitative estimate of drug-likeness (QED) is 0.276. The average Bonchev–Trinajstić information content (AvgIpc) is 3.33. The van der Waals surface area contributed by atoms with Crippen LogP contribution in [0.3, 0.4) is 0 Å². The molecule has 0 fully saturated rings. The molecule has 0 bridgehead atoms. The van der Waals surface area contributed by atoms with Crippen molar-refractivity contribution in [1.29, 1.82) is 0 Å². The number of hydrogen-bond acceptors (Lipinski definition) is 6. The minimum absolute atomic E-state index is 0.0779. The summed E-state index contributed by atoms with van der Waals surface area (Å²) in [6.07, 6.45) is 4.56. The first kappa shape index (κ1) is 27.5. The summed E-state index contributed by atoms with van der Waals surface area (Å²) in [6, 6.07) is 13.1. The molecule has 0 saturated heterocycles. The standard InChI is InChI=1S/C31H27F2N3O5S/c1-35-15-24-22-9-17(16-42(4,38)39)5-7-26(22)36(27-8-6-19(32)12-25(27)33)30(23-14-34-29(28(23)24)31(35)37)18-10-20(40-2)13-21(11-18)41-3/h5-15,30,34H,16H2,1-4H3. The molecular weight excluding hydrogens is 564 g/mol. The Hall–Kier alpha value is -4.64. The van der Waals surface area contributed by atoms with Gasteiger partial charge in [0.15, 0.2) is 9.84 Å². The van der Waals surface area contributed by atoms with Crippen molar-refractivity contribution in [3.05, 3.63) is 106 Å². The number of rotatable bonds is 6. The molecule has 0 spiro atoms. The number of aromatic nitrogens is 2. The molecule has 1 unspecified atom stereocenters. The Morgan fingerprint density at radius 1 is 0.929 bits per heavy atom. The van der Waals surface area contributed by atoms with Gasteiger partial charge in [-0.1, -0.05) is 6.07 Å². The van der Waals surface area contributed by atoms with Crippen molar-refractivity contribution in [3.8, 4) is 22.6 Å². The second kappa shape index (κ2) is 10.0. The van der Waals surface area contributed by atoms with E-state index >= 15 is 4.39 Å². The maximum atomic E-state index is 15.7. The topological polar surface area (TPSA) is 93.6 Å². The molecule has 8 nitrogen and oxygen atoms in total. The highest BCUT2D eigenvalue weighted by atomic mass is 32.2. The number of anilines is 2. The van der Waals surface area contributed by atoms with Gasteiger partial charge >= 0.3 is 0 Å². The van der Waals surface area contributed by atoms with Crippen LogP contribution >= 0.6 is 0 Å². The van der Waals surface area contributed by atoms with Gasteiger partial charge in [-0.25, -0.2) is 17.2 Å². The van der Waals surface area contributed by atoms with Crippen molar-refractivity contribution in [2.24, 2.45) is 7.05 Å². The van der Waals surface area contributed by atoms with E-state index in [2.05, 4.69) is 4.98 Å². The highest BCUT2D eigenvalue weighted by molar-refractivity contribution is 7.89. The molecule has 1 aliphatic heterocycles. The van der Waals surface area contributed by atoms with E-state index in [4.69, 9.17) is 9.47 Å². The second-order valence-corrected chi connectivity index (χ2v) is 12.5. The molecule has 1 atom stereocenters. The summed E-state index contributed by atoms with van der Waals surface area (Å²) in [5.41, 5.74) is 3.74. The maximum absolute atomic E-state index is 15.7. The molecule has 1 N–H and O–H groups in total.